The van der Waals surface area contributed by atoms with Crippen LogP contribution in [0.15, 0.2) is 72.8 Å². The molecule has 0 fully saturated rings. The fraction of sp³-hybridized carbons (Fsp3) is 0.0909. The van der Waals surface area contributed by atoms with Gasteiger partial charge in [0.15, 0.2) is 5.78 Å². The smallest absolute Gasteiger partial charge is 0.260 e. The van der Waals surface area contributed by atoms with Crippen molar-refractivity contribution in [2.24, 2.45) is 0 Å². The van der Waals surface area contributed by atoms with Crippen LogP contribution >= 0.6 is 11.6 Å². The monoisotopic (exact) mass is 377 g/mol. The number of nitrogens with zero attached hydrogens (tertiary/aromatic N) is 1. The molecule has 0 radical (unpaired) electrons. The van der Waals surface area contributed by atoms with Gasteiger partial charge in [0.05, 0.1) is 23.4 Å². The van der Waals surface area contributed by atoms with Crippen molar-refractivity contribution in [2.45, 2.75) is 6.04 Å². The minimum atomic E-state index is -0.739. The van der Waals surface area contributed by atoms with Crippen LogP contribution in [0.3, 0.4) is 0 Å². The predicted octanol–water partition coefficient (Wildman–Crippen LogP) is 4.93. The minimum absolute atomic E-state index is 0.115. The lowest BCUT2D eigenvalue weighted by atomic mass is 10.0. The summed E-state index contributed by atoms with van der Waals surface area (Å²) in [7, 11) is 1.58. The van der Waals surface area contributed by atoms with E-state index in [1.165, 1.54) is 4.90 Å². The molecule has 0 aliphatic carbocycles. The number of amides is 1. The second kappa shape index (κ2) is 6.89. The molecule has 1 heterocycles. The highest BCUT2D eigenvalue weighted by Gasteiger charge is 2.42. The summed E-state index contributed by atoms with van der Waals surface area (Å²) in [6, 6.07) is 20.4. The maximum absolute atomic E-state index is 13.3. The number of anilines is 1. The number of hydrogen-bond acceptors (Lipinski definition) is 3. The van der Waals surface area contributed by atoms with Gasteiger partial charge >= 0.3 is 0 Å². The summed E-state index contributed by atoms with van der Waals surface area (Å²) < 4.78 is 5.20. The second-order valence-electron chi connectivity index (χ2n) is 6.21. The topological polar surface area (TPSA) is 46.6 Å². The maximum Gasteiger partial charge on any atom is 0.260 e. The Morgan fingerprint density at radius 2 is 1.63 bits per heavy atom. The van der Waals surface area contributed by atoms with Crippen LogP contribution in [0.2, 0.25) is 5.02 Å². The number of benzene rings is 3. The summed E-state index contributed by atoms with van der Waals surface area (Å²) in [6.07, 6.45) is 0. The molecule has 134 valence electrons. The highest BCUT2D eigenvalue weighted by molar-refractivity contribution is 6.35. The Labute approximate surface area is 161 Å². The molecule has 0 spiro atoms. The number of carbonyl (C=O) groups excluding carboxylic acids is 2. The predicted molar refractivity (Wildman–Crippen MR) is 105 cm³/mol. The Morgan fingerprint density at radius 3 is 2.33 bits per heavy atom. The second-order valence-corrected chi connectivity index (χ2v) is 6.62. The van der Waals surface area contributed by atoms with E-state index in [4.69, 9.17) is 16.3 Å². The Bertz CT molecular complexity index is 1030. The molecule has 0 N–H and O–H groups in total. The van der Waals surface area contributed by atoms with E-state index in [0.717, 1.165) is 5.56 Å². The van der Waals surface area contributed by atoms with Crippen molar-refractivity contribution < 1.29 is 14.3 Å². The molecule has 1 unspecified atom stereocenters. The molecule has 0 saturated heterocycles. The third-order valence-electron chi connectivity index (χ3n) is 4.69. The molecule has 1 atom stereocenters. The van der Waals surface area contributed by atoms with E-state index >= 15 is 0 Å². The zero-order valence-corrected chi connectivity index (χ0v) is 15.3. The van der Waals surface area contributed by atoms with Crippen LogP contribution in [0.1, 0.15) is 32.3 Å². The molecule has 27 heavy (non-hydrogen) atoms. The van der Waals surface area contributed by atoms with Crippen molar-refractivity contribution in [2.75, 3.05) is 12.0 Å². The summed E-state index contributed by atoms with van der Waals surface area (Å²) in [5.74, 6) is 0.265. The van der Waals surface area contributed by atoms with Crippen LogP contribution in [0, 0.1) is 0 Å². The number of halogens is 1. The molecule has 3 aromatic rings. The standard InChI is InChI=1S/C22H16ClNO3/c1-27-15-12-10-14(11-13-15)20-21(25)17-7-3-5-9-19(17)24(20)22(26)16-6-2-4-8-18(16)23/h2-13,20H,1H3. The summed E-state index contributed by atoms with van der Waals surface area (Å²) >= 11 is 6.25. The summed E-state index contributed by atoms with van der Waals surface area (Å²) in [5, 5.41) is 0.354. The lowest BCUT2D eigenvalue weighted by Crippen LogP contribution is -2.34. The van der Waals surface area contributed by atoms with Crippen LogP contribution in [0.25, 0.3) is 0 Å². The maximum atomic E-state index is 13.3. The van der Waals surface area contributed by atoms with Gasteiger partial charge in [-0.25, -0.2) is 0 Å². The zero-order chi connectivity index (χ0) is 19.0. The van der Waals surface area contributed by atoms with E-state index in [2.05, 4.69) is 0 Å². The normalized spacial score (nSPS) is 15.6. The van der Waals surface area contributed by atoms with Crippen LogP contribution in [0.4, 0.5) is 5.69 Å². The highest BCUT2D eigenvalue weighted by atomic mass is 35.5. The van der Waals surface area contributed by atoms with E-state index in [1.807, 2.05) is 6.07 Å². The number of methoxy groups -OCH3 is 1. The minimum Gasteiger partial charge on any atom is -0.497 e. The van der Waals surface area contributed by atoms with Gasteiger partial charge in [0, 0.05) is 5.56 Å². The fourth-order valence-corrected chi connectivity index (χ4v) is 3.59. The number of ketones is 1. The van der Waals surface area contributed by atoms with E-state index in [9.17, 15) is 9.59 Å². The van der Waals surface area contributed by atoms with E-state index in [-0.39, 0.29) is 11.7 Å². The van der Waals surface area contributed by atoms with Crippen LogP contribution < -0.4 is 9.64 Å². The van der Waals surface area contributed by atoms with Crippen molar-refractivity contribution in [3.8, 4) is 5.75 Å². The molecule has 4 rings (SSSR count). The first-order valence-corrected chi connectivity index (χ1v) is 8.85. The fourth-order valence-electron chi connectivity index (χ4n) is 3.37. The van der Waals surface area contributed by atoms with Crippen molar-refractivity contribution in [1.82, 2.24) is 0 Å². The van der Waals surface area contributed by atoms with Crippen molar-refractivity contribution in [3.05, 3.63) is 94.5 Å². The molecule has 5 heteroatoms. The molecular weight excluding hydrogens is 362 g/mol. The number of rotatable bonds is 3. The summed E-state index contributed by atoms with van der Waals surface area (Å²) in [6.45, 7) is 0. The molecule has 4 nitrogen and oxygen atoms in total. The molecule has 1 aliphatic heterocycles. The summed E-state index contributed by atoms with van der Waals surface area (Å²) in [5.41, 5.74) is 2.20. The lowest BCUT2D eigenvalue weighted by Gasteiger charge is -2.25. The highest BCUT2D eigenvalue weighted by Crippen LogP contribution is 2.42. The van der Waals surface area contributed by atoms with E-state index in [1.54, 1.807) is 73.8 Å². The van der Waals surface area contributed by atoms with Crippen LogP contribution in [-0.4, -0.2) is 18.8 Å². The van der Waals surface area contributed by atoms with Gasteiger partial charge in [0.1, 0.15) is 11.8 Å². The number of para-hydroxylation sites is 1. The Hall–Kier alpha value is -3.11. The van der Waals surface area contributed by atoms with E-state index < -0.39 is 6.04 Å². The van der Waals surface area contributed by atoms with Gasteiger partial charge in [-0.2, -0.15) is 0 Å². The third-order valence-corrected chi connectivity index (χ3v) is 5.02. The number of carbonyl (C=O) groups is 2. The first kappa shape index (κ1) is 17.3. The largest absolute Gasteiger partial charge is 0.497 e. The lowest BCUT2D eigenvalue weighted by molar-refractivity contribution is 0.0914. The zero-order valence-electron chi connectivity index (χ0n) is 14.6. The molecule has 3 aromatic carbocycles. The van der Waals surface area contributed by atoms with Gasteiger partial charge in [0.2, 0.25) is 0 Å². The van der Waals surface area contributed by atoms with Gasteiger partial charge in [-0.05, 0) is 42.0 Å². The molecular formula is C22H16ClNO3. The molecule has 0 saturated carbocycles. The molecule has 0 aromatic heterocycles. The van der Waals surface area contributed by atoms with Crippen molar-refractivity contribution >= 4 is 29.0 Å². The van der Waals surface area contributed by atoms with Crippen molar-refractivity contribution in [3.63, 3.8) is 0 Å². The van der Waals surface area contributed by atoms with Crippen molar-refractivity contribution in [1.29, 1.82) is 0 Å². The first-order chi connectivity index (χ1) is 13.1. The van der Waals surface area contributed by atoms with Gasteiger partial charge in [-0.1, -0.05) is 48.0 Å². The number of fused-ring (bicyclic) bond motifs is 1. The van der Waals surface area contributed by atoms with E-state index in [0.29, 0.717) is 27.6 Å². The Morgan fingerprint density at radius 1 is 0.963 bits per heavy atom. The summed E-state index contributed by atoms with van der Waals surface area (Å²) in [4.78, 5) is 28.0. The SMILES string of the molecule is COc1ccc(C2C(=O)c3ccccc3N2C(=O)c2ccccc2Cl)cc1. The quantitative estimate of drug-likeness (QED) is 0.650. The van der Waals surface area contributed by atoms with Crippen LogP contribution in [0.5, 0.6) is 5.75 Å². The molecule has 1 amide bonds. The Kier molecular flexibility index (Phi) is 4.42. The van der Waals surface area contributed by atoms with Gasteiger partial charge in [0.25, 0.3) is 5.91 Å². The Balaban J connectivity index is 1.85. The average molecular weight is 378 g/mol. The number of Topliss-reactive ketones (excluding diaryl/α,β-unsaturated/α-hetero) is 1. The van der Waals surface area contributed by atoms with Gasteiger partial charge in [-0.3, -0.25) is 14.5 Å². The molecule has 1 aliphatic rings. The first-order valence-electron chi connectivity index (χ1n) is 8.47. The average Bonchev–Trinajstić information content (AvgIpc) is 3.01. The van der Waals surface area contributed by atoms with Crippen LogP contribution in [-0.2, 0) is 0 Å². The number of hydrogen-bond donors (Lipinski definition) is 0. The van der Waals surface area contributed by atoms with Gasteiger partial charge < -0.3 is 4.74 Å². The molecule has 0 bridgehead atoms. The third kappa shape index (κ3) is 2.88. The number of ether oxygens (including phenoxy) is 1. The van der Waals surface area contributed by atoms with Gasteiger partial charge in [-0.15, -0.1) is 0 Å².